The molecule has 0 aliphatic rings. The van der Waals surface area contributed by atoms with E-state index in [2.05, 4.69) is 21.3 Å². The van der Waals surface area contributed by atoms with Gasteiger partial charge in [0, 0.05) is 0 Å². The molecule has 0 saturated carbocycles. The molecule has 22 heavy (non-hydrogen) atoms. The topological polar surface area (TPSA) is 157 Å². The van der Waals surface area contributed by atoms with Crippen LogP contribution in [0.3, 0.4) is 0 Å². The Bertz CT molecular complexity index is 465. The monoisotopic (exact) mass is 338 g/mol. The molecule has 0 saturated heterocycles. The van der Waals surface area contributed by atoms with E-state index in [0.717, 1.165) is 6.92 Å². The number of carbonyl (C=O) groups excluding carboxylic acids is 3. The second-order valence-corrected chi connectivity index (χ2v) is 6.78. The molecule has 3 amide bonds. The second kappa shape index (κ2) is 8.84. The molecule has 0 aromatic rings. The Balaban J connectivity index is 4.43. The number of hydrogen-bond acceptors (Lipinski definition) is 5. The lowest BCUT2D eigenvalue weighted by atomic mass is 10.2. The highest BCUT2D eigenvalue weighted by atomic mass is 31.2. The second-order valence-electron chi connectivity index (χ2n) is 4.82. The standard InChI is InChI=1S/C11H23N4O6P/c1-6(13-9(16)5-12-4)10(17)14-7(2)11(18)15-8(3)22(19,20)21/h6-8,12H,5H2,1-4H3,(H,13,16)(H,14,17)(H,15,18)(H2,19,20,21)/t6-,7+,8+/m0/s1. The number of nitrogens with one attached hydrogen (secondary N) is 4. The van der Waals surface area contributed by atoms with Crippen molar-refractivity contribution in [3.63, 3.8) is 0 Å². The molecule has 11 heteroatoms. The molecule has 0 aliphatic heterocycles. The van der Waals surface area contributed by atoms with Gasteiger partial charge in [0.05, 0.1) is 6.54 Å². The van der Waals surface area contributed by atoms with E-state index in [-0.39, 0.29) is 12.5 Å². The minimum atomic E-state index is -4.44. The van der Waals surface area contributed by atoms with E-state index in [4.69, 9.17) is 9.79 Å². The van der Waals surface area contributed by atoms with Gasteiger partial charge in [-0.3, -0.25) is 18.9 Å². The molecule has 0 bridgehead atoms. The highest BCUT2D eigenvalue weighted by molar-refractivity contribution is 7.52. The summed E-state index contributed by atoms with van der Waals surface area (Å²) in [7, 11) is -2.86. The molecular weight excluding hydrogens is 315 g/mol. The van der Waals surface area contributed by atoms with Crippen molar-refractivity contribution in [1.82, 2.24) is 21.3 Å². The van der Waals surface area contributed by atoms with Crippen LogP contribution in [-0.2, 0) is 18.9 Å². The Hall–Kier alpha value is -1.48. The largest absolute Gasteiger partial charge is 0.347 e. The summed E-state index contributed by atoms with van der Waals surface area (Å²) >= 11 is 0. The van der Waals surface area contributed by atoms with Crippen molar-refractivity contribution < 1.29 is 28.7 Å². The van der Waals surface area contributed by atoms with Gasteiger partial charge in [-0.2, -0.15) is 0 Å². The molecule has 0 fully saturated rings. The molecule has 0 rings (SSSR count). The average molecular weight is 338 g/mol. The van der Waals surface area contributed by atoms with E-state index < -0.39 is 37.3 Å². The van der Waals surface area contributed by atoms with Crippen molar-refractivity contribution in [2.24, 2.45) is 0 Å². The molecule has 0 aliphatic carbocycles. The van der Waals surface area contributed by atoms with E-state index in [9.17, 15) is 18.9 Å². The summed E-state index contributed by atoms with van der Waals surface area (Å²) < 4.78 is 10.9. The Morgan fingerprint density at radius 1 is 0.955 bits per heavy atom. The van der Waals surface area contributed by atoms with Gasteiger partial charge in [-0.25, -0.2) is 0 Å². The highest BCUT2D eigenvalue weighted by Gasteiger charge is 2.28. The van der Waals surface area contributed by atoms with Gasteiger partial charge in [-0.05, 0) is 27.8 Å². The van der Waals surface area contributed by atoms with Crippen molar-refractivity contribution in [2.45, 2.75) is 38.6 Å². The van der Waals surface area contributed by atoms with Crippen LogP contribution in [0.1, 0.15) is 20.8 Å². The molecule has 10 nitrogen and oxygen atoms in total. The van der Waals surface area contributed by atoms with Gasteiger partial charge in [0.2, 0.25) is 17.7 Å². The van der Waals surface area contributed by atoms with Crippen LogP contribution in [0, 0.1) is 0 Å². The zero-order valence-corrected chi connectivity index (χ0v) is 13.8. The predicted molar refractivity (Wildman–Crippen MR) is 78.8 cm³/mol. The zero-order chi connectivity index (χ0) is 17.5. The molecule has 0 heterocycles. The fourth-order valence-electron chi connectivity index (χ4n) is 1.34. The minimum Gasteiger partial charge on any atom is -0.343 e. The molecular formula is C11H23N4O6P. The summed E-state index contributed by atoms with van der Waals surface area (Å²) in [5.74, 6) is -3.06. The normalized spacial score (nSPS) is 15.4. The number of amides is 3. The summed E-state index contributed by atoms with van der Waals surface area (Å²) in [6, 6.07) is -1.86. The number of hydrogen-bond donors (Lipinski definition) is 6. The molecule has 0 unspecified atom stereocenters. The molecule has 6 N–H and O–H groups in total. The number of likely N-dealkylation sites (N-methyl/N-ethyl adjacent to an activating group) is 1. The van der Waals surface area contributed by atoms with Gasteiger partial charge in [0.15, 0.2) is 0 Å². The van der Waals surface area contributed by atoms with Crippen molar-refractivity contribution in [1.29, 1.82) is 0 Å². The van der Waals surface area contributed by atoms with Gasteiger partial charge in [-0.1, -0.05) is 0 Å². The lowest BCUT2D eigenvalue weighted by Crippen LogP contribution is -2.53. The molecule has 3 atom stereocenters. The maximum absolute atomic E-state index is 11.8. The summed E-state index contributed by atoms with van der Waals surface area (Å²) in [5, 5.41) is 9.50. The smallest absolute Gasteiger partial charge is 0.343 e. The summed E-state index contributed by atoms with van der Waals surface area (Å²) in [6.07, 6.45) is 0. The number of rotatable bonds is 8. The third-order valence-corrected chi connectivity index (χ3v) is 3.85. The molecule has 128 valence electrons. The highest BCUT2D eigenvalue weighted by Crippen LogP contribution is 2.38. The Labute approximate surface area is 128 Å². The predicted octanol–water partition coefficient (Wildman–Crippen LogP) is -2.14. The maximum atomic E-state index is 11.8. The first-order valence-electron chi connectivity index (χ1n) is 6.59. The van der Waals surface area contributed by atoms with Crippen molar-refractivity contribution in [3.05, 3.63) is 0 Å². The molecule has 0 aromatic carbocycles. The summed E-state index contributed by atoms with van der Waals surface area (Å²) in [4.78, 5) is 52.6. The third-order valence-electron chi connectivity index (χ3n) is 2.72. The van der Waals surface area contributed by atoms with Crippen LogP contribution in [0.15, 0.2) is 0 Å². The van der Waals surface area contributed by atoms with Gasteiger partial charge >= 0.3 is 7.60 Å². The molecule has 0 spiro atoms. The van der Waals surface area contributed by atoms with Gasteiger partial charge in [0.25, 0.3) is 0 Å². The Morgan fingerprint density at radius 3 is 1.86 bits per heavy atom. The molecule has 0 aromatic heterocycles. The third kappa shape index (κ3) is 7.51. The Morgan fingerprint density at radius 2 is 1.41 bits per heavy atom. The molecule has 0 radical (unpaired) electrons. The van der Waals surface area contributed by atoms with Crippen molar-refractivity contribution in [2.75, 3.05) is 13.6 Å². The van der Waals surface area contributed by atoms with E-state index in [1.807, 2.05) is 0 Å². The lowest BCUT2D eigenvalue weighted by Gasteiger charge is -2.21. The first kappa shape index (κ1) is 20.5. The summed E-state index contributed by atoms with van der Waals surface area (Å²) in [5.41, 5.74) is 0. The minimum absolute atomic E-state index is 0.0491. The summed E-state index contributed by atoms with van der Waals surface area (Å²) in [6.45, 7) is 4.02. The van der Waals surface area contributed by atoms with Crippen LogP contribution >= 0.6 is 7.60 Å². The zero-order valence-electron chi connectivity index (χ0n) is 12.9. The van der Waals surface area contributed by atoms with Crippen LogP contribution in [-0.4, -0.2) is 59.0 Å². The Kier molecular flexibility index (Phi) is 8.25. The van der Waals surface area contributed by atoms with Crippen molar-refractivity contribution in [3.8, 4) is 0 Å². The van der Waals surface area contributed by atoms with Crippen LogP contribution < -0.4 is 21.3 Å². The van der Waals surface area contributed by atoms with Gasteiger partial charge in [-0.15, -0.1) is 0 Å². The van der Waals surface area contributed by atoms with Crippen LogP contribution in [0.5, 0.6) is 0 Å². The van der Waals surface area contributed by atoms with Crippen LogP contribution in [0.25, 0.3) is 0 Å². The fraction of sp³-hybridized carbons (Fsp3) is 0.727. The van der Waals surface area contributed by atoms with E-state index >= 15 is 0 Å². The van der Waals surface area contributed by atoms with Crippen LogP contribution in [0.2, 0.25) is 0 Å². The van der Waals surface area contributed by atoms with Crippen LogP contribution in [0.4, 0.5) is 0 Å². The van der Waals surface area contributed by atoms with Gasteiger partial charge < -0.3 is 31.1 Å². The fourth-order valence-corrected chi connectivity index (χ4v) is 1.63. The SMILES string of the molecule is CNCC(=O)N[C@@H](C)C(=O)N[C@H](C)C(=O)N[C@@H](C)P(=O)(O)O. The van der Waals surface area contributed by atoms with E-state index in [1.165, 1.54) is 13.8 Å². The van der Waals surface area contributed by atoms with E-state index in [1.54, 1.807) is 7.05 Å². The first-order chi connectivity index (χ1) is 9.98. The van der Waals surface area contributed by atoms with Gasteiger partial charge in [0.1, 0.15) is 17.9 Å². The maximum Gasteiger partial charge on any atom is 0.347 e. The van der Waals surface area contributed by atoms with Crippen molar-refractivity contribution >= 4 is 25.3 Å². The first-order valence-corrected chi connectivity index (χ1v) is 8.27. The quantitative estimate of drug-likeness (QED) is 0.276. The number of carbonyl (C=O) groups is 3. The lowest BCUT2D eigenvalue weighted by molar-refractivity contribution is -0.131. The average Bonchev–Trinajstić information content (AvgIpc) is 2.37. The van der Waals surface area contributed by atoms with E-state index in [0.29, 0.717) is 0 Å².